The Morgan fingerprint density at radius 3 is 3.06 bits per heavy atom. The zero-order valence-corrected chi connectivity index (χ0v) is 9.82. The van der Waals surface area contributed by atoms with E-state index in [1.54, 1.807) is 12.1 Å². The summed E-state index contributed by atoms with van der Waals surface area (Å²) in [6.07, 6.45) is 0. The van der Waals surface area contributed by atoms with Gasteiger partial charge >= 0.3 is 0 Å². The minimum Gasteiger partial charge on any atom is -0.379 e. The SMILES string of the molecule is C[C@H]1COCCN1Cc1ccc(C#N)cc1F. The van der Waals surface area contributed by atoms with E-state index >= 15 is 0 Å². The fraction of sp³-hybridized carbons (Fsp3) is 0.462. The van der Waals surface area contributed by atoms with Crippen molar-refractivity contribution in [2.75, 3.05) is 19.8 Å². The van der Waals surface area contributed by atoms with Gasteiger partial charge in [-0.25, -0.2) is 4.39 Å². The molecule has 0 radical (unpaired) electrons. The van der Waals surface area contributed by atoms with Crippen LogP contribution in [-0.2, 0) is 11.3 Å². The van der Waals surface area contributed by atoms with Gasteiger partial charge in [-0.2, -0.15) is 5.26 Å². The minimum atomic E-state index is -0.303. The van der Waals surface area contributed by atoms with Crippen LogP contribution in [0.4, 0.5) is 4.39 Å². The number of nitriles is 1. The first-order valence-electron chi connectivity index (χ1n) is 5.71. The smallest absolute Gasteiger partial charge is 0.129 e. The number of ether oxygens (including phenoxy) is 1. The highest BCUT2D eigenvalue weighted by molar-refractivity contribution is 5.32. The minimum absolute atomic E-state index is 0.303. The molecule has 1 aromatic carbocycles. The number of benzene rings is 1. The van der Waals surface area contributed by atoms with Crippen molar-refractivity contribution < 1.29 is 9.13 Å². The Bertz CT molecular complexity index is 442. The van der Waals surface area contributed by atoms with E-state index in [-0.39, 0.29) is 5.82 Å². The first kappa shape index (κ1) is 12.0. The third-order valence-corrected chi connectivity index (χ3v) is 3.06. The highest BCUT2D eigenvalue weighted by Crippen LogP contribution is 2.16. The topological polar surface area (TPSA) is 36.3 Å². The van der Waals surface area contributed by atoms with E-state index in [1.165, 1.54) is 6.07 Å². The zero-order chi connectivity index (χ0) is 12.3. The van der Waals surface area contributed by atoms with Crippen molar-refractivity contribution in [2.45, 2.75) is 19.5 Å². The van der Waals surface area contributed by atoms with Gasteiger partial charge in [0.15, 0.2) is 0 Å². The first-order valence-corrected chi connectivity index (χ1v) is 5.71. The zero-order valence-electron chi connectivity index (χ0n) is 9.82. The van der Waals surface area contributed by atoms with Crippen LogP contribution in [0.1, 0.15) is 18.1 Å². The van der Waals surface area contributed by atoms with Gasteiger partial charge in [-0.15, -0.1) is 0 Å². The molecule has 3 nitrogen and oxygen atoms in total. The monoisotopic (exact) mass is 234 g/mol. The van der Waals surface area contributed by atoms with Crippen LogP contribution in [0.3, 0.4) is 0 Å². The molecule has 1 heterocycles. The molecule has 1 aromatic rings. The highest BCUT2D eigenvalue weighted by Gasteiger charge is 2.19. The maximum absolute atomic E-state index is 13.7. The third kappa shape index (κ3) is 2.82. The molecule has 0 bridgehead atoms. The number of morpholine rings is 1. The maximum atomic E-state index is 13.7. The van der Waals surface area contributed by atoms with Crippen LogP contribution >= 0.6 is 0 Å². The molecule has 1 aliphatic rings. The molecule has 0 aromatic heterocycles. The second-order valence-electron chi connectivity index (χ2n) is 4.31. The predicted molar refractivity (Wildman–Crippen MR) is 61.8 cm³/mol. The number of hydrogen-bond donors (Lipinski definition) is 0. The molecule has 1 fully saturated rings. The molecule has 17 heavy (non-hydrogen) atoms. The Labute approximate surface area is 100 Å². The molecule has 0 spiro atoms. The van der Waals surface area contributed by atoms with Gasteiger partial charge in [-0.1, -0.05) is 6.07 Å². The summed E-state index contributed by atoms with van der Waals surface area (Å²) in [7, 11) is 0. The van der Waals surface area contributed by atoms with Crippen molar-refractivity contribution in [1.82, 2.24) is 4.90 Å². The van der Waals surface area contributed by atoms with Gasteiger partial charge in [0.1, 0.15) is 5.82 Å². The normalized spacial score (nSPS) is 21.1. The fourth-order valence-corrected chi connectivity index (χ4v) is 1.96. The fourth-order valence-electron chi connectivity index (χ4n) is 1.96. The second-order valence-corrected chi connectivity index (χ2v) is 4.31. The lowest BCUT2D eigenvalue weighted by Gasteiger charge is -2.33. The summed E-state index contributed by atoms with van der Waals surface area (Å²) in [6, 6.07) is 6.88. The molecule has 90 valence electrons. The van der Waals surface area contributed by atoms with E-state index < -0.39 is 0 Å². The predicted octanol–water partition coefficient (Wildman–Crippen LogP) is 1.92. The van der Waals surface area contributed by atoms with Gasteiger partial charge in [0, 0.05) is 24.7 Å². The molecule has 0 saturated carbocycles. The summed E-state index contributed by atoms with van der Waals surface area (Å²) in [5, 5.41) is 8.67. The highest BCUT2D eigenvalue weighted by atomic mass is 19.1. The molecular formula is C13H15FN2O. The molecule has 0 amide bonds. The summed E-state index contributed by atoms with van der Waals surface area (Å²) >= 11 is 0. The van der Waals surface area contributed by atoms with E-state index in [0.717, 1.165) is 6.54 Å². The Morgan fingerprint density at radius 2 is 2.41 bits per heavy atom. The molecule has 0 unspecified atom stereocenters. The number of halogens is 1. The third-order valence-electron chi connectivity index (χ3n) is 3.06. The summed E-state index contributed by atoms with van der Waals surface area (Å²) < 4.78 is 19.0. The molecule has 1 aliphatic heterocycles. The molecule has 1 saturated heterocycles. The average Bonchev–Trinajstić information content (AvgIpc) is 2.34. The maximum Gasteiger partial charge on any atom is 0.129 e. The number of nitrogens with zero attached hydrogens (tertiary/aromatic N) is 2. The van der Waals surface area contributed by atoms with E-state index in [2.05, 4.69) is 11.8 Å². The van der Waals surface area contributed by atoms with Crippen LogP contribution in [0, 0.1) is 17.1 Å². The van der Waals surface area contributed by atoms with Crippen molar-refractivity contribution in [3.05, 3.63) is 35.1 Å². The van der Waals surface area contributed by atoms with E-state index in [9.17, 15) is 4.39 Å². The number of rotatable bonds is 2. The lowest BCUT2D eigenvalue weighted by atomic mass is 10.1. The molecule has 0 aliphatic carbocycles. The van der Waals surface area contributed by atoms with E-state index in [0.29, 0.717) is 36.9 Å². The molecule has 0 N–H and O–H groups in total. The van der Waals surface area contributed by atoms with E-state index in [1.807, 2.05) is 6.07 Å². The molecule has 2 rings (SSSR count). The number of hydrogen-bond acceptors (Lipinski definition) is 3. The Balaban J connectivity index is 2.10. The van der Waals surface area contributed by atoms with Crippen molar-refractivity contribution >= 4 is 0 Å². The van der Waals surface area contributed by atoms with Crippen LogP contribution in [0.25, 0.3) is 0 Å². The average molecular weight is 234 g/mol. The van der Waals surface area contributed by atoms with Crippen molar-refractivity contribution in [3.63, 3.8) is 0 Å². The lowest BCUT2D eigenvalue weighted by molar-refractivity contribution is -0.00480. The molecular weight excluding hydrogens is 219 g/mol. The van der Waals surface area contributed by atoms with Gasteiger partial charge in [-0.05, 0) is 19.1 Å². The van der Waals surface area contributed by atoms with Crippen molar-refractivity contribution in [2.24, 2.45) is 0 Å². The van der Waals surface area contributed by atoms with Crippen molar-refractivity contribution in [3.8, 4) is 6.07 Å². The van der Waals surface area contributed by atoms with Gasteiger partial charge < -0.3 is 4.74 Å². The largest absolute Gasteiger partial charge is 0.379 e. The molecule has 4 heteroatoms. The lowest BCUT2D eigenvalue weighted by Crippen LogP contribution is -2.43. The summed E-state index contributed by atoms with van der Waals surface area (Å²) in [6.45, 7) is 4.85. The van der Waals surface area contributed by atoms with Crippen LogP contribution < -0.4 is 0 Å². The van der Waals surface area contributed by atoms with Crippen LogP contribution in [0.15, 0.2) is 18.2 Å². The summed E-state index contributed by atoms with van der Waals surface area (Å²) in [4.78, 5) is 2.19. The standard InChI is InChI=1S/C13H15FN2O/c1-10-9-17-5-4-16(10)8-12-3-2-11(7-15)6-13(12)14/h2-3,6,10H,4-5,8-9H2,1H3/t10-/m0/s1. The van der Waals surface area contributed by atoms with Crippen LogP contribution in [0.5, 0.6) is 0 Å². The molecule has 1 atom stereocenters. The van der Waals surface area contributed by atoms with Gasteiger partial charge in [-0.3, -0.25) is 4.90 Å². The van der Waals surface area contributed by atoms with Gasteiger partial charge in [0.2, 0.25) is 0 Å². The van der Waals surface area contributed by atoms with Crippen molar-refractivity contribution in [1.29, 1.82) is 5.26 Å². The van der Waals surface area contributed by atoms with E-state index in [4.69, 9.17) is 10.00 Å². The Morgan fingerprint density at radius 1 is 1.59 bits per heavy atom. The summed E-state index contributed by atoms with van der Waals surface area (Å²) in [5.74, 6) is -0.303. The quantitative estimate of drug-likeness (QED) is 0.784. The Hall–Kier alpha value is -1.44. The summed E-state index contributed by atoms with van der Waals surface area (Å²) in [5.41, 5.74) is 0.999. The van der Waals surface area contributed by atoms with Gasteiger partial charge in [0.25, 0.3) is 0 Å². The first-order chi connectivity index (χ1) is 8.20. The second kappa shape index (κ2) is 5.26. The van der Waals surface area contributed by atoms with Crippen LogP contribution in [-0.4, -0.2) is 30.7 Å². The van der Waals surface area contributed by atoms with Crippen LogP contribution in [0.2, 0.25) is 0 Å². The van der Waals surface area contributed by atoms with Gasteiger partial charge in [0.05, 0.1) is 24.8 Å². The Kier molecular flexibility index (Phi) is 3.72.